The Balaban J connectivity index is 2.37. The molecule has 0 aromatic heterocycles. The average molecular weight is 253 g/mol. The van der Waals surface area contributed by atoms with Gasteiger partial charge in [0.2, 0.25) is 5.91 Å². The van der Waals surface area contributed by atoms with E-state index in [1.54, 1.807) is 4.90 Å². The van der Waals surface area contributed by atoms with Crippen LogP contribution in [-0.2, 0) is 14.3 Å². The van der Waals surface area contributed by atoms with E-state index < -0.39 is 6.04 Å². The third-order valence-corrected chi connectivity index (χ3v) is 2.92. The van der Waals surface area contributed by atoms with Crippen molar-refractivity contribution in [3.05, 3.63) is 0 Å². The fourth-order valence-corrected chi connectivity index (χ4v) is 1.82. The standard InChI is InChI=1S/C12H19N3O3/c1-3-4-10(13)12(17)15-7-5-14(6-8-15)9-11(16)18-2/h1,10H,4-9,13H2,2H3. The number of terminal acetylenes is 1. The van der Waals surface area contributed by atoms with Crippen LogP contribution in [0.25, 0.3) is 0 Å². The number of rotatable bonds is 4. The van der Waals surface area contributed by atoms with Crippen LogP contribution in [-0.4, -0.2) is 67.6 Å². The van der Waals surface area contributed by atoms with Crippen LogP contribution in [0.15, 0.2) is 0 Å². The molecule has 0 spiro atoms. The highest BCUT2D eigenvalue weighted by molar-refractivity contribution is 5.82. The maximum Gasteiger partial charge on any atom is 0.319 e. The second-order valence-electron chi connectivity index (χ2n) is 4.19. The van der Waals surface area contributed by atoms with E-state index in [2.05, 4.69) is 10.7 Å². The molecule has 6 nitrogen and oxygen atoms in total. The van der Waals surface area contributed by atoms with Gasteiger partial charge in [-0.15, -0.1) is 12.3 Å². The Labute approximate surface area is 107 Å². The quantitative estimate of drug-likeness (QED) is 0.495. The van der Waals surface area contributed by atoms with Crippen LogP contribution in [0.1, 0.15) is 6.42 Å². The molecule has 1 unspecified atom stereocenters. The van der Waals surface area contributed by atoms with Gasteiger partial charge in [-0.05, 0) is 0 Å². The summed E-state index contributed by atoms with van der Waals surface area (Å²) in [4.78, 5) is 26.6. The predicted molar refractivity (Wildman–Crippen MR) is 66.5 cm³/mol. The maximum absolute atomic E-state index is 11.9. The Bertz CT molecular complexity index is 343. The number of hydrogen-bond donors (Lipinski definition) is 1. The summed E-state index contributed by atoms with van der Waals surface area (Å²) in [5.41, 5.74) is 5.67. The molecule has 100 valence electrons. The molecule has 0 aromatic rings. The summed E-state index contributed by atoms with van der Waals surface area (Å²) in [6, 6.07) is -0.623. The van der Waals surface area contributed by atoms with Gasteiger partial charge in [-0.25, -0.2) is 0 Å². The molecule has 0 radical (unpaired) electrons. The third kappa shape index (κ3) is 4.02. The Morgan fingerprint density at radius 2 is 2.00 bits per heavy atom. The first kappa shape index (κ1) is 14.5. The zero-order valence-electron chi connectivity index (χ0n) is 10.6. The molecule has 0 aliphatic carbocycles. The Morgan fingerprint density at radius 3 is 2.50 bits per heavy atom. The number of carbonyl (C=O) groups excluding carboxylic acids is 2. The van der Waals surface area contributed by atoms with Crippen molar-refractivity contribution in [1.29, 1.82) is 0 Å². The van der Waals surface area contributed by atoms with Gasteiger partial charge in [0.1, 0.15) is 0 Å². The Morgan fingerprint density at radius 1 is 1.39 bits per heavy atom. The topological polar surface area (TPSA) is 75.9 Å². The normalized spacial score (nSPS) is 17.9. The zero-order chi connectivity index (χ0) is 13.5. The van der Waals surface area contributed by atoms with Gasteiger partial charge in [0.25, 0.3) is 0 Å². The number of amides is 1. The largest absolute Gasteiger partial charge is 0.468 e. The molecule has 1 heterocycles. The van der Waals surface area contributed by atoms with Crippen LogP contribution in [0, 0.1) is 12.3 Å². The van der Waals surface area contributed by atoms with Crippen LogP contribution >= 0.6 is 0 Å². The fourth-order valence-electron chi connectivity index (χ4n) is 1.82. The zero-order valence-corrected chi connectivity index (χ0v) is 10.6. The van der Waals surface area contributed by atoms with Crippen LogP contribution in [0.2, 0.25) is 0 Å². The fraction of sp³-hybridized carbons (Fsp3) is 0.667. The van der Waals surface area contributed by atoms with E-state index in [1.165, 1.54) is 7.11 Å². The van der Waals surface area contributed by atoms with Crippen LogP contribution in [0.3, 0.4) is 0 Å². The van der Waals surface area contributed by atoms with Gasteiger partial charge in [-0.1, -0.05) is 0 Å². The average Bonchev–Trinajstić information content (AvgIpc) is 2.39. The van der Waals surface area contributed by atoms with Crippen molar-refractivity contribution < 1.29 is 14.3 Å². The molecule has 1 atom stereocenters. The lowest BCUT2D eigenvalue weighted by molar-refractivity contribution is -0.142. The first-order chi connectivity index (χ1) is 8.58. The Hall–Kier alpha value is -1.58. The van der Waals surface area contributed by atoms with E-state index in [9.17, 15) is 9.59 Å². The van der Waals surface area contributed by atoms with E-state index in [0.717, 1.165) is 0 Å². The molecule has 0 aromatic carbocycles. The van der Waals surface area contributed by atoms with Crippen molar-refractivity contribution in [3.8, 4) is 12.3 Å². The van der Waals surface area contributed by atoms with Crippen molar-refractivity contribution >= 4 is 11.9 Å². The molecule has 1 aliphatic heterocycles. The summed E-state index contributed by atoms with van der Waals surface area (Å²) in [7, 11) is 1.36. The molecular formula is C12H19N3O3. The third-order valence-electron chi connectivity index (χ3n) is 2.92. The maximum atomic E-state index is 11.9. The number of piperazine rings is 1. The number of carbonyl (C=O) groups is 2. The van der Waals surface area contributed by atoms with Gasteiger partial charge in [-0.3, -0.25) is 14.5 Å². The van der Waals surface area contributed by atoms with E-state index in [4.69, 9.17) is 12.2 Å². The molecule has 1 amide bonds. The number of nitrogens with zero attached hydrogens (tertiary/aromatic N) is 2. The number of methoxy groups -OCH3 is 1. The summed E-state index contributed by atoms with van der Waals surface area (Å²) in [5, 5.41) is 0. The number of nitrogens with two attached hydrogens (primary N) is 1. The van der Waals surface area contributed by atoms with Crippen molar-refractivity contribution in [2.75, 3.05) is 39.8 Å². The summed E-state index contributed by atoms with van der Waals surface area (Å²) in [6.07, 6.45) is 5.38. The number of esters is 1. The van der Waals surface area contributed by atoms with E-state index in [-0.39, 0.29) is 24.8 Å². The lowest BCUT2D eigenvalue weighted by Gasteiger charge is -2.35. The van der Waals surface area contributed by atoms with E-state index in [1.807, 2.05) is 4.90 Å². The van der Waals surface area contributed by atoms with Crippen LogP contribution in [0.5, 0.6) is 0 Å². The summed E-state index contributed by atoms with van der Waals surface area (Å²) < 4.78 is 4.59. The van der Waals surface area contributed by atoms with E-state index >= 15 is 0 Å². The minimum absolute atomic E-state index is 0.120. The molecule has 1 saturated heterocycles. The van der Waals surface area contributed by atoms with Gasteiger partial charge in [0.15, 0.2) is 0 Å². The van der Waals surface area contributed by atoms with Crippen LogP contribution < -0.4 is 5.73 Å². The highest BCUT2D eigenvalue weighted by atomic mass is 16.5. The lowest BCUT2D eigenvalue weighted by Crippen LogP contribution is -2.53. The highest BCUT2D eigenvalue weighted by Crippen LogP contribution is 2.04. The molecule has 1 fully saturated rings. The molecule has 2 N–H and O–H groups in total. The first-order valence-electron chi connectivity index (χ1n) is 5.85. The minimum Gasteiger partial charge on any atom is -0.468 e. The van der Waals surface area contributed by atoms with Gasteiger partial charge in [0, 0.05) is 32.6 Å². The summed E-state index contributed by atoms with van der Waals surface area (Å²) >= 11 is 0. The van der Waals surface area contributed by atoms with Gasteiger partial charge in [0.05, 0.1) is 19.7 Å². The molecule has 0 saturated carbocycles. The highest BCUT2D eigenvalue weighted by Gasteiger charge is 2.25. The van der Waals surface area contributed by atoms with Gasteiger partial charge < -0.3 is 15.4 Å². The van der Waals surface area contributed by atoms with Crippen LogP contribution in [0.4, 0.5) is 0 Å². The number of ether oxygens (including phenoxy) is 1. The monoisotopic (exact) mass is 253 g/mol. The second-order valence-corrected chi connectivity index (χ2v) is 4.19. The second kappa shape index (κ2) is 6.99. The smallest absolute Gasteiger partial charge is 0.319 e. The molecule has 6 heteroatoms. The molecule has 1 aliphatic rings. The Kier molecular flexibility index (Phi) is 5.62. The van der Waals surface area contributed by atoms with Crippen molar-refractivity contribution in [3.63, 3.8) is 0 Å². The van der Waals surface area contributed by atoms with E-state index in [0.29, 0.717) is 26.2 Å². The lowest BCUT2D eigenvalue weighted by atomic mass is 10.2. The van der Waals surface area contributed by atoms with Gasteiger partial charge in [-0.2, -0.15) is 0 Å². The molecule has 18 heavy (non-hydrogen) atoms. The van der Waals surface area contributed by atoms with Crippen molar-refractivity contribution in [1.82, 2.24) is 9.80 Å². The van der Waals surface area contributed by atoms with Crippen molar-refractivity contribution in [2.24, 2.45) is 5.73 Å². The molecule has 0 bridgehead atoms. The molecular weight excluding hydrogens is 234 g/mol. The summed E-state index contributed by atoms with van der Waals surface area (Å²) in [6.45, 7) is 2.67. The first-order valence-corrected chi connectivity index (χ1v) is 5.85. The molecule has 1 rings (SSSR count). The van der Waals surface area contributed by atoms with Crippen molar-refractivity contribution in [2.45, 2.75) is 12.5 Å². The minimum atomic E-state index is -0.623. The SMILES string of the molecule is C#CCC(N)C(=O)N1CCN(CC(=O)OC)CC1. The van der Waals surface area contributed by atoms with Gasteiger partial charge >= 0.3 is 5.97 Å². The summed E-state index contributed by atoms with van der Waals surface area (Å²) in [5.74, 6) is 2.00. The number of hydrogen-bond acceptors (Lipinski definition) is 5. The predicted octanol–water partition coefficient (Wildman–Crippen LogP) is -1.35.